The van der Waals surface area contributed by atoms with E-state index >= 15 is 0 Å². The Morgan fingerprint density at radius 2 is 1.69 bits per heavy atom. The van der Waals surface area contributed by atoms with Crippen LogP contribution in [-0.2, 0) is 0 Å². The summed E-state index contributed by atoms with van der Waals surface area (Å²) in [4.78, 5) is 4.08. The maximum atomic E-state index is 4.08. The minimum atomic E-state index is 1.20. The van der Waals surface area contributed by atoms with Crippen molar-refractivity contribution in [3.05, 3.63) is 65.0 Å². The summed E-state index contributed by atoms with van der Waals surface area (Å²) in [6.07, 6.45) is 7.96. The Morgan fingerprint density at radius 3 is 2.38 bits per heavy atom. The summed E-state index contributed by atoms with van der Waals surface area (Å²) in [7, 11) is 0. The molecule has 1 aromatic heterocycles. The summed E-state index contributed by atoms with van der Waals surface area (Å²) >= 11 is 0. The Labute approximate surface area is 96.5 Å². The molecule has 0 atom stereocenters. The van der Waals surface area contributed by atoms with Crippen molar-refractivity contribution in [2.24, 2.45) is 0 Å². The first kappa shape index (κ1) is 10.6. The smallest absolute Gasteiger partial charge is 0.0303 e. The van der Waals surface area contributed by atoms with Crippen LogP contribution in [0, 0.1) is 13.8 Å². The van der Waals surface area contributed by atoms with Crippen molar-refractivity contribution in [1.29, 1.82) is 0 Å². The van der Waals surface area contributed by atoms with Gasteiger partial charge in [-0.05, 0) is 36.6 Å². The van der Waals surface area contributed by atoms with Crippen LogP contribution in [-0.4, -0.2) is 4.98 Å². The highest BCUT2D eigenvalue weighted by Gasteiger charge is 1.92. The number of rotatable bonds is 2. The van der Waals surface area contributed by atoms with E-state index in [4.69, 9.17) is 0 Å². The molecule has 0 aliphatic carbocycles. The Bertz CT molecular complexity index is 495. The molecule has 0 spiro atoms. The predicted molar refractivity (Wildman–Crippen MR) is 69.1 cm³/mol. The van der Waals surface area contributed by atoms with Crippen molar-refractivity contribution in [1.82, 2.24) is 4.98 Å². The number of aryl methyl sites for hydroxylation is 2. The van der Waals surface area contributed by atoms with E-state index in [1.807, 2.05) is 18.5 Å². The summed E-state index contributed by atoms with van der Waals surface area (Å²) in [6.45, 7) is 4.17. The van der Waals surface area contributed by atoms with Crippen molar-refractivity contribution in [2.75, 3.05) is 0 Å². The second-order valence-electron chi connectivity index (χ2n) is 3.98. The van der Waals surface area contributed by atoms with Crippen LogP contribution in [0.1, 0.15) is 22.3 Å². The molecule has 0 amide bonds. The topological polar surface area (TPSA) is 12.9 Å². The summed E-state index contributed by atoms with van der Waals surface area (Å²) in [6, 6.07) is 10.5. The molecule has 0 saturated carbocycles. The van der Waals surface area contributed by atoms with Crippen LogP contribution in [0.4, 0.5) is 0 Å². The summed E-state index contributed by atoms with van der Waals surface area (Å²) in [5.41, 5.74) is 4.93. The van der Waals surface area contributed by atoms with Gasteiger partial charge in [0.25, 0.3) is 0 Å². The molecule has 0 aliphatic rings. The van der Waals surface area contributed by atoms with E-state index in [9.17, 15) is 0 Å². The van der Waals surface area contributed by atoms with Crippen molar-refractivity contribution in [3.63, 3.8) is 0 Å². The first-order chi connectivity index (χ1) is 7.75. The van der Waals surface area contributed by atoms with Crippen LogP contribution in [0.2, 0.25) is 0 Å². The van der Waals surface area contributed by atoms with E-state index < -0.39 is 0 Å². The van der Waals surface area contributed by atoms with E-state index in [-0.39, 0.29) is 0 Å². The van der Waals surface area contributed by atoms with Crippen molar-refractivity contribution in [3.8, 4) is 0 Å². The maximum absolute atomic E-state index is 4.08. The summed E-state index contributed by atoms with van der Waals surface area (Å²) in [5, 5.41) is 0. The zero-order valence-electron chi connectivity index (χ0n) is 9.64. The monoisotopic (exact) mass is 209 g/mol. The molecule has 16 heavy (non-hydrogen) atoms. The zero-order chi connectivity index (χ0) is 11.4. The molecule has 0 aliphatic heterocycles. The van der Waals surface area contributed by atoms with Crippen LogP contribution < -0.4 is 0 Å². The number of benzene rings is 1. The molecule has 1 heteroatoms. The highest BCUT2D eigenvalue weighted by Crippen LogP contribution is 2.11. The third-order valence-corrected chi connectivity index (χ3v) is 2.60. The average Bonchev–Trinajstić information content (AvgIpc) is 2.30. The Balaban J connectivity index is 2.21. The second-order valence-corrected chi connectivity index (χ2v) is 3.98. The van der Waals surface area contributed by atoms with Gasteiger partial charge < -0.3 is 0 Å². The number of pyridine rings is 1. The molecule has 0 unspecified atom stereocenters. The van der Waals surface area contributed by atoms with E-state index in [2.05, 4.69) is 55.2 Å². The number of hydrogen-bond donors (Lipinski definition) is 0. The van der Waals surface area contributed by atoms with Gasteiger partial charge in [-0.15, -0.1) is 0 Å². The van der Waals surface area contributed by atoms with Crippen molar-refractivity contribution in [2.45, 2.75) is 13.8 Å². The predicted octanol–water partition coefficient (Wildman–Crippen LogP) is 3.87. The molecule has 1 aromatic carbocycles. The quantitative estimate of drug-likeness (QED) is 0.731. The largest absolute Gasteiger partial charge is 0.264 e. The van der Waals surface area contributed by atoms with E-state index in [1.165, 1.54) is 22.3 Å². The maximum Gasteiger partial charge on any atom is 0.0303 e. The van der Waals surface area contributed by atoms with Gasteiger partial charge in [-0.25, -0.2) is 0 Å². The van der Waals surface area contributed by atoms with Gasteiger partial charge in [-0.2, -0.15) is 0 Å². The van der Waals surface area contributed by atoms with E-state index in [0.29, 0.717) is 0 Å². The lowest BCUT2D eigenvalue weighted by Crippen LogP contribution is -1.81. The van der Waals surface area contributed by atoms with Gasteiger partial charge in [0.05, 0.1) is 0 Å². The molecule has 2 rings (SSSR count). The fraction of sp³-hybridized carbons (Fsp3) is 0.133. The summed E-state index contributed by atoms with van der Waals surface area (Å²) < 4.78 is 0. The van der Waals surface area contributed by atoms with Gasteiger partial charge in [0.1, 0.15) is 0 Å². The highest BCUT2D eigenvalue weighted by atomic mass is 14.6. The molecule has 0 radical (unpaired) electrons. The number of nitrogens with zero attached hydrogens (tertiary/aromatic N) is 1. The number of hydrogen-bond acceptors (Lipinski definition) is 1. The average molecular weight is 209 g/mol. The van der Waals surface area contributed by atoms with Gasteiger partial charge in [-0.3, -0.25) is 4.98 Å². The molecular weight excluding hydrogens is 194 g/mol. The summed E-state index contributed by atoms with van der Waals surface area (Å²) in [5.74, 6) is 0. The molecule has 0 N–H and O–H groups in total. The first-order valence-electron chi connectivity index (χ1n) is 5.41. The fourth-order valence-electron chi connectivity index (χ4n) is 1.53. The minimum absolute atomic E-state index is 1.20. The Hall–Kier alpha value is -1.89. The van der Waals surface area contributed by atoms with E-state index in [1.54, 1.807) is 0 Å². The molecule has 0 fully saturated rings. The van der Waals surface area contributed by atoms with Crippen LogP contribution in [0.5, 0.6) is 0 Å². The molecule has 1 heterocycles. The van der Waals surface area contributed by atoms with Gasteiger partial charge in [0, 0.05) is 12.4 Å². The first-order valence-corrected chi connectivity index (χ1v) is 5.41. The van der Waals surface area contributed by atoms with Crippen LogP contribution >= 0.6 is 0 Å². The SMILES string of the molecule is Cc1ccc(C=Cc2ccncc2C)cc1. The second kappa shape index (κ2) is 4.75. The normalized spacial score (nSPS) is 10.9. The lowest BCUT2D eigenvalue weighted by Gasteiger charge is -1.98. The molecule has 2 aromatic rings. The molecule has 80 valence electrons. The van der Waals surface area contributed by atoms with Gasteiger partial charge in [-0.1, -0.05) is 42.0 Å². The van der Waals surface area contributed by atoms with Gasteiger partial charge >= 0.3 is 0 Å². The Kier molecular flexibility index (Phi) is 3.16. The lowest BCUT2D eigenvalue weighted by atomic mass is 10.1. The van der Waals surface area contributed by atoms with Crippen molar-refractivity contribution >= 4 is 12.2 Å². The van der Waals surface area contributed by atoms with Crippen LogP contribution in [0.25, 0.3) is 12.2 Å². The molecule has 0 bridgehead atoms. The fourth-order valence-corrected chi connectivity index (χ4v) is 1.53. The van der Waals surface area contributed by atoms with Crippen LogP contribution in [0.3, 0.4) is 0 Å². The molecule has 1 nitrogen and oxygen atoms in total. The standard InChI is InChI=1S/C15H15N/c1-12-3-5-14(6-4-12)7-8-15-9-10-16-11-13(15)2/h3-11H,1-2H3. The highest BCUT2D eigenvalue weighted by molar-refractivity contribution is 5.70. The van der Waals surface area contributed by atoms with Gasteiger partial charge in [0.2, 0.25) is 0 Å². The third-order valence-electron chi connectivity index (χ3n) is 2.60. The van der Waals surface area contributed by atoms with E-state index in [0.717, 1.165) is 0 Å². The molecule has 0 saturated heterocycles. The molecular formula is C15H15N. The van der Waals surface area contributed by atoms with Crippen molar-refractivity contribution < 1.29 is 0 Å². The lowest BCUT2D eigenvalue weighted by molar-refractivity contribution is 1.26. The zero-order valence-corrected chi connectivity index (χ0v) is 9.64. The Morgan fingerprint density at radius 1 is 0.938 bits per heavy atom. The third kappa shape index (κ3) is 2.57. The number of aromatic nitrogens is 1. The minimum Gasteiger partial charge on any atom is -0.264 e. The van der Waals surface area contributed by atoms with Gasteiger partial charge in [0.15, 0.2) is 0 Å². The van der Waals surface area contributed by atoms with Crippen LogP contribution in [0.15, 0.2) is 42.7 Å².